The lowest BCUT2D eigenvalue weighted by atomic mass is 10.1. The average molecular weight is 190 g/mol. The molecule has 0 radical (unpaired) electrons. The molecule has 0 aromatic heterocycles. The highest BCUT2D eigenvalue weighted by Gasteiger charge is 2.13. The summed E-state index contributed by atoms with van der Waals surface area (Å²) in [5, 5.41) is 17.0. The van der Waals surface area contributed by atoms with E-state index in [4.69, 9.17) is 15.3 Å². The standard InChI is InChI=1S/C10H7FN2O/c1-14-10-7(4-5-12)2-3-8(6-13)9(10)11/h2-3H,4H2,1H3. The Hall–Kier alpha value is -2.07. The van der Waals surface area contributed by atoms with Gasteiger partial charge >= 0.3 is 0 Å². The third-order valence-electron chi connectivity index (χ3n) is 1.77. The molecule has 0 spiro atoms. The average Bonchev–Trinajstić information content (AvgIpc) is 2.19. The molecule has 70 valence electrons. The second-order valence-corrected chi connectivity index (χ2v) is 2.57. The summed E-state index contributed by atoms with van der Waals surface area (Å²) < 4.78 is 18.2. The first-order valence-corrected chi connectivity index (χ1v) is 3.87. The summed E-state index contributed by atoms with van der Waals surface area (Å²) in [6.45, 7) is 0. The van der Waals surface area contributed by atoms with Crippen LogP contribution in [0.3, 0.4) is 0 Å². The molecule has 3 nitrogen and oxygen atoms in total. The number of nitriles is 2. The molecule has 0 saturated heterocycles. The Bertz CT molecular complexity index is 429. The maximum absolute atomic E-state index is 13.4. The molecule has 0 heterocycles. The second kappa shape index (κ2) is 4.25. The van der Waals surface area contributed by atoms with Gasteiger partial charge in [0.05, 0.1) is 25.2 Å². The minimum atomic E-state index is -0.706. The van der Waals surface area contributed by atoms with Crippen LogP contribution in [0.5, 0.6) is 5.75 Å². The van der Waals surface area contributed by atoms with Crippen molar-refractivity contribution < 1.29 is 9.13 Å². The summed E-state index contributed by atoms with van der Waals surface area (Å²) in [6.07, 6.45) is 0.0613. The number of hydrogen-bond donors (Lipinski definition) is 0. The first-order chi connectivity index (χ1) is 6.74. The molecule has 0 bridgehead atoms. The van der Waals surface area contributed by atoms with Gasteiger partial charge in [0.2, 0.25) is 0 Å². The Balaban J connectivity index is 3.31. The highest BCUT2D eigenvalue weighted by molar-refractivity contribution is 5.45. The highest BCUT2D eigenvalue weighted by atomic mass is 19.1. The Kier molecular flexibility index (Phi) is 3.04. The molecule has 14 heavy (non-hydrogen) atoms. The van der Waals surface area contributed by atoms with Gasteiger partial charge in [-0.15, -0.1) is 0 Å². The third-order valence-corrected chi connectivity index (χ3v) is 1.77. The zero-order valence-corrected chi connectivity index (χ0v) is 7.54. The van der Waals surface area contributed by atoms with Crippen LogP contribution in [0.25, 0.3) is 0 Å². The van der Waals surface area contributed by atoms with Gasteiger partial charge in [-0.25, -0.2) is 4.39 Å². The minimum Gasteiger partial charge on any atom is -0.493 e. The maximum Gasteiger partial charge on any atom is 0.183 e. The molecule has 1 rings (SSSR count). The van der Waals surface area contributed by atoms with Crippen LogP contribution in [-0.2, 0) is 6.42 Å². The van der Waals surface area contributed by atoms with Crippen molar-refractivity contribution in [2.24, 2.45) is 0 Å². The van der Waals surface area contributed by atoms with Gasteiger partial charge in [0.15, 0.2) is 11.6 Å². The summed E-state index contributed by atoms with van der Waals surface area (Å²) in [6, 6.07) is 6.45. The first-order valence-electron chi connectivity index (χ1n) is 3.87. The van der Waals surface area contributed by atoms with Crippen molar-refractivity contribution in [2.75, 3.05) is 7.11 Å². The van der Waals surface area contributed by atoms with E-state index >= 15 is 0 Å². The van der Waals surface area contributed by atoms with E-state index in [0.29, 0.717) is 5.56 Å². The molecular weight excluding hydrogens is 183 g/mol. The molecule has 0 N–H and O–H groups in total. The van der Waals surface area contributed by atoms with Gasteiger partial charge in [-0.2, -0.15) is 10.5 Å². The van der Waals surface area contributed by atoms with Crippen molar-refractivity contribution in [3.8, 4) is 17.9 Å². The number of nitrogens with zero attached hydrogens (tertiary/aromatic N) is 2. The van der Waals surface area contributed by atoms with E-state index in [2.05, 4.69) is 0 Å². The summed E-state index contributed by atoms with van der Waals surface area (Å²) in [4.78, 5) is 0. The van der Waals surface area contributed by atoms with Crippen LogP contribution < -0.4 is 4.74 Å². The van der Waals surface area contributed by atoms with E-state index in [1.54, 1.807) is 6.07 Å². The number of ether oxygens (including phenoxy) is 1. The quantitative estimate of drug-likeness (QED) is 0.714. The Morgan fingerprint density at radius 3 is 2.64 bits per heavy atom. The predicted molar refractivity (Wildman–Crippen MR) is 47.0 cm³/mol. The van der Waals surface area contributed by atoms with Gasteiger partial charge in [0.1, 0.15) is 6.07 Å². The van der Waals surface area contributed by atoms with Gasteiger partial charge in [0, 0.05) is 5.56 Å². The fourth-order valence-electron chi connectivity index (χ4n) is 1.13. The first kappa shape index (κ1) is 10.0. The van der Waals surface area contributed by atoms with Crippen LogP contribution in [-0.4, -0.2) is 7.11 Å². The van der Waals surface area contributed by atoms with E-state index < -0.39 is 5.82 Å². The molecular formula is C10H7FN2O. The molecule has 0 aliphatic carbocycles. The van der Waals surface area contributed by atoms with E-state index in [9.17, 15) is 4.39 Å². The summed E-state index contributed by atoms with van der Waals surface area (Å²) >= 11 is 0. The molecule has 1 aromatic rings. The second-order valence-electron chi connectivity index (χ2n) is 2.57. The van der Waals surface area contributed by atoms with Crippen molar-refractivity contribution >= 4 is 0 Å². The van der Waals surface area contributed by atoms with E-state index in [-0.39, 0.29) is 17.7 Å². The minimum absolute atomic E-state index is 0.0226. The maximum atomic E-state index is 13.4. The number of halogens is 1. The fourth-order valence-corrected chi connectivity index (χ4v) is 1.13. The van der Waals surface area contributed by atoms with Crippen molar-refractivity contribution in [1.82, 2.24) is 0 Å². The lowest BCUT2D eigenvalue weighted by molar-refractivity contribution is 0.382. The van der Waals surface area contributed by atoms with Crippen LogP contribution in [0.15, 0.2) is 12.1 Å². The monoisotopic (exact) mass is 190 g/mol. The van der Waals surface area contributed by atoms with Crippen LogP contribution >= 0.6 is 0 Å². The number of benzene rings is 1. The predicted octanol–water partition coefficient (Wildman–Crippen LogP) is 1.77. The molecule has 0 aliphatic heterocycles. The highest BCUT2D eigenvalue weighted by Crippen LogP contribution is 2.25. The third kappa shape index (κ3) is 1.65. The van der Waals surface area contributed by atoms with E-state index in [1.165, 1.54) is 19.2 Å². The molecule has 1 aromatic carbocycles. The van der Waals surface area contributed by atoms with Gasteiger partial charge < -0.3 is 4.74 Å². The van der Waals surface area contributed by atoms with E-state index in [0.717, 1.165) is 0 Å². The van der Waals surface area contributed by atoms with Crippen molar-refractivity contribution in [3.63, 3.8) is 0 Å². The molecule has 0 unspecified atom stereocenters. The molecule has 4 heteroatoms. The molecule has 0 fully saturated rings. The van der Waals surface area contributed by atoms with Crippen LogP contribution in [0.4, 0.5) is 4.39 Å². The van der Waals surface area contributed by atoms with Crippen LogP contribution in [0, 0.1) is 28.5 Å². The summed E-state index contributed by atoms with van der Waals surface area (Å²) in [7, 11) is 1.31. The van der Waals surface area contributed by atoms with Crippen molar-refractivity contribution in [3.05, 3.63) is 29.1 Å². The van der Waals surface area contributed by atoms with E-state index in [1.807, 2.05) is 6.07 Å². The summed E-state index contributed by atoms with van der Waals surface area (Å²) in [5.41, 5.74) is 0.370. The largest absolute Gasteiger partial charge is 0.493 e. The number of hydrogen-bond acceptors (Lipinski definition) is 3. The van der Waals surface area contributed by atoms with Gasteiger partial charge in [-0.3, -0.25) is 0 Å². The van der Waals surface area contributed by atoms with Crippen LogP contribution in [0.1, 0.15) is 11.1 Å². The lowest BCUT2D eigenvalue weighted by Crippen LogP contribution is -1.97. The zero-order chi connectivity index (χ0) is 10.6. The van der Waals surface area contributed by atoms with Gasteiger partial charge in [0.25, 0.3) is 0 Å². The Labute approximate surface area is 81.0 Å². The fraction of sp³-hybridized carbons (Fsp3) is 0.200. The smallest absolute Gasteiger partial charge is 0.183 e. The number of methoxy groups -OCH3 is 1. The lowest BCUT2D eigenvalue weighted by Gasteiger charge is -2.07. The summed E-state index contributed by atoms with van der Waals surface area (Å²) in [5.74, 6) is -0.728. The molecule has 0 saturated carbocycles. The SMILES string of the molecule is COc1c(CC#N)ccc(C#N)c1F. The topological polar surface area (TPSA) is 56.8 Å². The molecule has 0 amide bonds. The molecule has 0 aliphatic rings. The number of rotatable bonds is 2. The normalized spacial score (nSPS) is 8.86. The zero-order valence-electron chi connectivity index (χ0n) is 7.54. The van der Waals surface area contributed by atoms with Gasteiger partial charge in [-0.1, -0.05) is 6.07 Å². The van der Waals surface area contributed by atoms with Crippen molar-refractivity contribution in [1.29, 1.82) is 10.5 Å². The Morgan fingerprint density at radius 1 is 1.43 bits per heavy atom. The van der Waals surface area contributed by atoms with Crippen LogP contribution in [0.2, 0.25) is 0 Å². The molecule has 0 atom stereocenters. The Morgan fingerprint density at radius 2 is 2.14 bits per heavy atom. The van der Waals surface area contributed by atoms with Gasteiger partial charge in [-0.05, 0) is 6.07 Å². The van der Waals surface area contributed by atoms with Crippen molar-refractivity contribution in [2.45, 2.75) is 6.42 Å².